The summed E-state index contributed by atoms with van der Waals surface area (Å²) in [5.41, 5.74) is 0.548. The molecule has 0 spiro atoms. The number of anilines is 2. The fourth-order valence-corrected chi connectivity index (χ4v) is 3.82. The third kappa shape index (κ3) is 4.16. The van der Waals surface area contributed by atoms with Crippen molar-refractivity contribution >= 4 is 11.8 Å². The van der Waals surface area contributed by atoms with Gasteiger partial charge < -0.3 is 14.9 Å². The number of β-amino-alcohol motifs (C(OH)–C–C–N with tert-alkyl or cyclic N) is 1. The van der Waals surface area contributed by atoms with Crippen molar-refractivity contribution in [1.82, 2.24) is 14.9 Å². The number of aromatic nitrogens is 2. The van der Waals surface area contributed by atoms with Crippen LogP contribution in [0, 0.1) is 6.92 Å². The number of rotatable bonds is 4. The van der Waals surface area contributed by atoms with Crippen molar-refractivity contribution in [1.29, 1.82) is 0 Å². The molecule has 0 bridgehead atoms. The highest BCUT2D eigenvalue weighted by Crippen LogP contribution is 2.29. The average molecular weight is 333 g/mol. The molecule has 2 aliphatic rings. The van der Waals surface area contributed by atoms with E-state index in [-0.39, 0.29) is 0 Å². The molecule has 0 amide bonds. The zero-order valence-electron chi connectivity index (χ0n) is 15.3. The lowest BCUT2D eigenvalue weighted by Crippen LogP contribution is -2.52. The molecule has 0 unspecified atom stereocenters. The molecule has 6 heteroatoms. The first-order chi connectivity index (χ1) is 11.5. The zero-order chi connectivity index (χ0) is 17.2. The monoisotopic (exact) mass is 333 g/mol. The SMILES string of the molecule is Cc1cc(N2CCN(CC3(O)CCCCC3)CC2)nc(N(C)C)n1. The third-order valence-electron chi connectivity index (χ3n) is 5.23. The van der Waals surface area contributed by atoms with E-state index in [1.165, 1.54) is 19.3 Å². The van der Waals surface area contributed by atoms with E-state index in [0.29, 0.717) is 0 Å². The van der Waals surface area contributed by atoms with Gasteiger partial charge >= 0.3 is 0 Å². The molecule has 0 aromatic carbocycles. The van der Waals surface area contributed by atoms with Gasteiger partial charge in [-0.2, -0.15) is 4.98 Å². The maximum absolute atomic E-state index is 10.8. The van der Waals surface area contributed by atoms with E-state index in [0.717, 1.165) is 63.0 Å². The summed E-state index contributed by atoms with van der Waals surface area (Å²) in [5.74, 6) is 1.78. The predicted octanol–water partition coefficient (Wildman–Crippen LogP) is 1.67. The summed E-state index contributed by atoms with van der Waals surface area (Å²) in [6, 6.07) is 2.07. The molecule has 1 aliphatic heterocycles. The highest BCUT2D eigenvalue weighted by atomic mass is 16.3. The Morgan fingerprint density at radius 3 is 2.38 bits per heavy atom. The van der Waals surface area contributed by atoms with Crippen LogP contribution in [0.4, 0.5) is 11.8 Å². The first-order valence-corrected chi connectivity index (χ1v) is 9.18. The van der Waals surface area contributed by atoms with Gasteiger partial charge in [0.25, 0.3) is 0 Å². The normalized spacial score (nSPS) is 21.8. The van der Waals surface area contributed by atoms with Crippen molar-refractivity contribution in [3.05, 3.63) is 11.8 Å². The Bertz CT molecular complexity index is 548. The van der Waals surface area contributed by atoms with Crippen molar-refractivity contribution in [3.63, 3.8) is 0 Å². The van der Waals surface area contributed by atoms with E-state index in [1.54, 1.807) is 0 Å². The molecule has 134 valence electrons. The van der Waals surface area contributed by atoms with Crippen LogP contribution in [0.5, 0.6) is 0 Å². The van der Waals surface area contributed by atoms with Crippen LogP contribution in [-0.2, 0) is 0 Å². The number of aryl methyl sites for hydroxylation is 1. The average Bonchev–Trinajstić information content (AvgIpc) is 2.55. The van der Waals surface area contributed by atoms with E-state index in [2.05, 4.69) is 25.8 Å². The van der Waals surface area contributed by atoms with E-state index in [9.17, 15) is 5.11 Å². The van der Waals surface area contributed by atoms with Crippen LogP contribution in [0.3, 0.4) is 0 Å². The summed E-state index contributed by atoms with van der Waals surface area (Å²) in [4.78, 5) is 15.9. The molecule has 0 radical (unpaired) electrons. The molecule has 6 nitrogen and oxygen atoms in total. The van der Waals surface area contributed by atoms with Crippen molar-refractivity contribution in [2.45, 2.75) is 44.6 Å². The Hall–Kier alpha value is -1.40. The van der Waals surface area contributed by atoms with Crippen LogP contribution < -0.4 is 9.80 Å². The van der Waals surface area contributed by atoms with Crippen LogP contribution >= 0.6 is 0 Å². The molecule has 0 atom stereocenters. The van der Waals surface area contributed by atoms with Crippen molar-refractivity contribution < 1.29 is 5.11 Å². The fraction of sp³-hybridized carbons (Fsp3) is 0.778. The lowest BCUT2D eigenvalue weighted by Gasteiger charge is -2.41. The van der Waals surface area contributed by atoms with E-state index in [4.69, 9.17) is 0 Å². The van der Waals surface area contributed by atoms with Crippen LogP contribution in [0.15, 0.2) is 6.07 Å². The molecule has 24 heavy (non-hydrogen) atoms. The van der Waals surface area contributed by atoms with Gasteiger partial charge in [-0.3, -0.25) is 4.90 Å². The fourth-order valence-electron chi connectivity index (χ4n) is 3.82. The van der Waals surface area contributed by atoms with Gasteiger partial charge in [-0.05, 0) is 19.8 Å². The first kappa shape index (κ1) is 17.4. The first-order valence-electron chi connectivity index (χ1n) is 9.18. The second-order valence-electron chi connectivity index (χ2n) is 7.61. The van der Waals surface area contributed by atoms with Gasteiger partial charge in [0, 0.05) is 58.6 Å². The molecule has 1 N–H and O–H groups in total. The largest absolute Gasteiger partial charge is 0.389 e. The molecule has 1 aromatic rings. The number of piperazine rings is 1. The summed E-state index contributed by atoms with van der Waals surface area (Å²) in [6.45, 7) is 6.74. The number of nitrogens with zero attached hydrogens (tertiary/aromatic N) is 5. The molecule has 1 saturated heterocycles. The maximum Gasteiger partial charge on any atom is 0.226 e. The summed E-state index contributed by atoms with van der Waals surface area (Å²) < 4.78 is 0. The van der Waals surface area contributed by atoms with Gasteiger partial charge in [0.05, 0.1) is 5.60 Å². The van der Waals surface area contributed by atoms with Gasteiger partial charge in [0.15, 0.2) is 0 Å². The smallest absolute Gasteiger partial charge is 0.226 e. The minimum atomic E-state index is -0.454. The summed E-state index contributed by atoms with van der Waals surface area (Å²) in [6.07, 6.45) is 5.54. The summed E-state index contributed by atoms with van der Waals surface area (Å²) in [5, 5.41) is 10.8. The molecule has 3 rings (SSSR count). The van der Waals surface area contributed by atoms with Crippen LogP contribution in [-0.4, -0.2) is 72.4 Å². The molecule has 2 fully saturated rings. The Balaban J connectivity index is 1.59. The lowest BCUT2D eigenvalue weighted by molar-refractivity contribution is -0.0271. The highest BCUT2D eigenvalue weighted by Gasteiger charge is 2.32. The maximum atomic E-state index is 10.8. The number of hydrogen-bond donors (Lipinski definition) is 1. The minimum Gasteiger partial charge on any atom is -0.389 e. The molecule has 1 saturated carbocycles. The second-order valence-corrected chi connectivity index (χ2v) is 7.61. The van der Waals surface area contributed by atoms with E-state index < -0.39 is 5.60 Å². The highest BCUT2D eigenvalue weighted by molar-refractivity contribution is 5.45. The summed E-state index contributed by atoms with van der Waals surface area (Å²) in [7, 11) is 3.95. The van der Waals surface area contributed by atoms with Gasteiger partial charge in [0.2, 0.25) is 5.95 Å². The Kier molecular flexibility index (Phi) is 5.25. The Morgan fingerprint density at radius 2 is 1.75 bits per heavy atom. The van der Waals surface area contributed by atoms with Crippen LogP contribution in [0.1, 0.15) is 37.8 Å². The van der Waals surface area contributed by atoms with Crippen LogP contribution in [0.25, 0.3) is 0 Å². The summed E-state index contributed by atoms with van der Waals surface area (Å²) >= 11 is 0. The van der Waals surface area contributed by atoms with E-state index >= 15 is 0 Å². The van der Waals surface area contributed by atoms with Crippen molar-refractivity contribution in [2.24, 2.45) is 0 Å². The quantitative estimate of drug-likeness (QED) is 0.904. The molecule has 2 heterocycles. The Morgan fingerprint density at radius 1 is 1.08 bits per heavy atom. The van der Waals surface area contributed by atoms with Crippen LogP contribution in [0.2, 0.25) is 0 Å². The van der Waals surface area contributed by atoms with Crippen molar-refractivity contribution in [3.8, 4) is 0 Å². The van der Waals surface area contributed by atoms with Crippen molar-refractivity contribution in [2.75, 3.05) is 56.6 Å². The topological polar surface area (TPSA) is 55.7 Å². The Labute approximate surface area is 145 Å². The molecular formula is C18H31N5O. The zero-order valence-corrected chi connectivity index (χ0v) is 15.3. The van der Waals surface area contributed by atoms with Gasteiger partial charge in [-0.15, -0.1) is 0 Å². The number of hydrogen-bond acceptors (Lipinski definition) is 6. The molecular weight excluding hydrogens is 302 g/mol. The second kappa shape index (κ2) is 7.23. The molecule has 1 aliphatic carbocycles. The van der Waals surface area contributed by atoms with E-state index in [1.807, 2.05) is 25.9 Å². The third-order valence-corrected chi connectivity index (χ3v) is 5.23. The predicted molar refractivity (Wildman–Crippen MR) is 97.8 cm³/mol. The molecule has 1 aromatic heterocycles. The van der Waals surface area contributed by atoms with Gasteiger partial charge in [-0.25, -0.2) is 4.98 Å². The van der Waals surface area contributed by atoms with Gasteiger partial charge in [-0.1, -0.05) is 19.3 Å². The van der Waals surface area contributed by atoms with Gasteiger partial charge in [0.1, 0.15) is 5.82 Å². The number of aliphatic hydroxyl groups is 1. The minimum absolute atomic E-state index is 0.454. The lowest BCUT2D eigenvalue weighted by atomic mass is 9.84. The standard InChI is InChI=1S/C18H31N5O/c1-15-13-16(20-17(19-15)21(2)3)23-11-9-22(10-12-23)14-18(24)7-5-4-6-8-18/h13,24H,4-12,14H2,1-3H3.